The molecule has 1 aliphatic rings. The largest absolute Gasteiger partial charge is 0.496 e. The summed E-state index contributed by atoms with van der Waals surface area (Å²) in [6.45, 7) is 7.66. The van der Waals surface area contributed by atoms with E-state index in [1.165, 1.54) is 5.75 Å². The molecule has 3 nitrogen and oxygen atoms in total. The first kappa shape index (κ1) is 15.6. The first-order valence-corrected chi connectivity index (χ1v) is 8.14. The third-order valence-electron chi connectivity index (χ3n) is 3.46. The lowest BCUT2D eigenvalue weighted by Gasteiger charge is -2.37. The van der Waals surface area contributed by atoms with Gasteiger partial charge in [0.2, 0.25) is 0 Å². The molecule has 0 amide bonds. The third kappa shape index (κ3) is 3.87. The summed E-state index contributed by atoms with van der Waals surface area (Å²) < 4.78 is 5.77. The number of thioether (sulfide) groups is 1. The number of hydrogen-bond acceptors (Lipinski definition) is 4. The zero-order valence-corrected chi connectivity index (χ0v) is 13.9. The van der Waals surface area contributed by atoms with Crippen molar-refractivity contribution in [2.24, 2.45) is 5.73 Å². The zero-order valence-electron chi connectivity index (χ0n) is 12.3. The number of benzene rings is 1. The summed E-state index contributed by atoms with van der Waals surface area (Å²) in [5.41, 5.74) is 7.78. The molecular formula is C15H22N2OS2. The molecule has 110 valence electrons. The van der Waals surface area contributed by atoms with Crippen LogP contribution >= 0.6 is 24.0 Å². The van der Waals surface area contributed by atoms with E-state index in [1.54, 1.807) is 7.11 Å². The Bertz CT molecular complexity index is 503. The second kappa shape index (κ2) is 6.33. The molecule has 0 radical (unpaired) electrons. The normalized spacial score (nSPS) is 18.8. The van der Waals surface area contributed by atoms with Crippen LogP contribution in [0, 0.1) is 0 Å². The quantitative estimate of drug-likeness (QED) is 0.866. The van der Waals surface area contributed by atoms with Crippen LogP contribution < -0.4 is 10.5 Å². The number of nitrogens with zero attached hydrogens (tertiary/aromatic N) is 1. The second-order valence-corrected chi connectivity index (χ2v) is 7.95. The number of hydrogen-bond donors (Lipinski definition) is 1. The highest BCUT2D eigenvalue weighted by Gasteiger charge is 2.27. The average Bonchev–Trinajstić information content (AvgIpc) is 2.37. The summed E-state index contributed by atoms with van der Waals surface area (Å²) in [4.78, 5) is 2.90. The lowest BCUT2D eigenvalue weighted by molar-refractivity contribution is 0.248. The van der Waals surface area contributed by atoms with E-state index in [1.807, 2.05) is 23.9 Å². The predicted molar refractivity (Wildman–Crippen MR) is 90.7 cm³/mol. The fraction of sp³-hybridized carbons (Fsp3) is 0.533. The highest BCUT2D eigenvalue weighted by atomic mass is 32.2. The van der Waals surface area contributed by atoms with E-state index < -0.39 is 0 Å². The molecular weight excluding hydrogens is 288 g/mol. The third-order valence-corrected chi connectivity index (χ3v) is 5.00. The van der Waals surface area contributed by atoms with Gasteiger partial charge in [-0.3, -0.25) is 4.90 Å². The minimum atomic E-state index is 0.312. The van der Waals surface area contributed by atoms with Crippen molar-refractivity contribution in [3.63, 3.8) is 0 Å². The molecule has 20 heavy (non-hydrogen) atoms. The van der Waals surface area contributed by atoms with Crippen LogP contribution in [0.1, 0.15) is 25.0 Å². The fourth-order valence-corrected chi connectivity index (χ4v) is 3.85. The zero-order chi connectivity index (χ0) is 14.8. The molecule has 1 heterocycles. The van der Waals surface area contributed by atoms with Crippen LogP contribution in [-0.4, -0.2) is 40.6 Å². The highest BCUT2D eigenvalue weighted by Crippen LogP contribution is 2.31. The van der Waals surface area contributed by atoms with Gasteiger partial charge in [0, 0.05) is 41.3 Å². The van der Waals surface area contributed by atoms with Crippen molar-refractivity contribution in [3.05, 3.63) is 29.3 Å². The van der Waals surface area contributed by atoms with Crippen molar-refractivity contribution < 1.29 is 4.74 Å². The first-order chi connectivity index (χ1) is 9.41. The molecule has 1 aromatic carbocycles. The van der Waals surface area contributed by atoms with Crippen LogP contribution in [0.25, 0.3) is 0 Å². The molecule has 0 atom stereocenters. The molecule has 0 unspecified atom stereocenters. The molecule has 1 saturated heterocycles. The Morgan fingerprint density at radius 3 is 2.85 bits per heavy atom. The molecule has 2 rings (SSSR count). The van der Waals surface area contributed by atoms with Crippen molar-refractivity contribution in [2.45, 2.75) is 25.1 Å². The molecule has 5 heteroatoms. The highest BCUT2D eigenvalue weighted by molar-refractivity contribution is 8.00. The maximum atomic E-state index is 5.72. The number of thiocarbonyl (C=S) groups is 1. The van der Waals surface area contributed by atoms with Gasteiger partial charge in [-0.1, -0.05) is 12.2 Å². The fourth-order valence-electron chi connectivity index (χ4n) is 2.55. The van der Waals surface area contributed by atoms with Crippen molar-refractivity contribution in [1.29, 1.82) is 0 Å². The van der Waals surface area contributed by atoms with E-state index >= 15 is 0 Å². The van der Waals surface area contributed by atoms with Crippen molar-refractivity contribution in [3.8, 4) is 5.75 Å². The van der Waals surface area contributed by atoms with E-state index in [0.29, 0.717) is 9.74 Å². The summed E-state index contributed by atoms with van der Waals surface area (Å²) in [5, 5.41) is 0. The SMILES string of the molecule is COc1ccc(C(N)=S)cc1CN1CCSC(C)(C)C1. The summed E-state index contributed by atoms with van der Waals surface area (Å²) in [7, 11) is 1.70. The molecule has 0 bridgehead atoms. The van der Waals surface area contributed by atoms with Crippen molar-refractivity contribution in [1.82, 2.24) is 4.90 Å². The molecule has 2 N–H and O–H groups in total. The minimum absolute atomic E-state index is 0.312. The number of methoxy groups -OCH3 is 1. The van der Waals surface area contributed by atoms with Gasteiger partial charge in [-0.25, -0.2) is 0 Å². The Morgan fingerprint density at radius 1 is 1.50 bits per heavy atom. The van der Waals surface area contributed by atoms with E-state index in [4.69, 9.17) is 22.7 Å². The Labute approximate surface area is 130 Å². The number of ether oxygens (including phenoxy) is 1. The summed E-state index contributed by atoms with van der Waals surface area (Å²) in [5.74, 6) is 2.07. The van der Waals surface area contributed by atoms with Gasteiger partial charge < -0.3 is 10.5 Å². The lowest BCUT2D eigenvalue weighted by Crippen LogP contribution is -2.42. The standard InChI is InChI=1S/C15H22N2OS2/c1-15(2)10-17(6-7-20-15)9-12-8-11(14(16)19)4-5-13(12)18-3/h4-5,8H,6-7,9-10H2,1-3H3,(H2,16,19). The van der Waals surface area contributed by atoms with E-state index in [9.17, 15) is 0 Å². The predicted octanol–water partition coefficient (Wildman–Crippen LogP) is 2.66. The van der Waals surface area contributed by atoms with Crippen molar-refractivity contribution >= 4 is 29.0 Å². The summed E-state index contributed by atoms with van der Waals surface area (Å²) in [6, 6.07) is 5.92. The van der Waals surface area contributed by atoms with Gasteiger partial charge in [0.05, 0.1) is 7.11 Å². The van der Waals surface area contributed by atoms with Crippen LogP contribution in [0.4, 0.5) is 0 Å². The molecule has 0 aliphatic carbocycles. The van der Waals surface area contributed by atoms with Gasteiger partial charge in [-0.15, -0.1) is 0 Å². The van der Waals surface area contributed by atoms with Crippen LogP contribution in [0.15, 0.2) is 18.2 Å². The minimum Gasteiger partial charge on any atom is -0.496 e. The number of nitrogens with two attached hydrogens (primary N) is 1. The monoisotopic (exact) mass is 310 g/mol. The van der Waals surface area contributed by atoms with Gasteiger partial charge >= 0.3 is 0 Å². The van der Waals surface area contributed by atoms with Crippen LogP contribution in [-0.2, 0) is 6.54 Å². The van der Waals surface area contributed by atoms with Crippen LogP contribution in [0.2, 0.25) is 0 Å². The second-order valence-electron chi connectivity index (χ2n) is 5.71. The Morgan fingerprint density at radius 2 is 2.25 bits per heavy atom. The lowest BCUT2D eigenvalue weighted by atomic mass is 10.1. The van der Waals surface area contributed by atoms with Gasteiger partial charge in [0.15, 0.2) is 0 Å². The van der Waals surface area contributed by atoms with Gasteiger partial charge in [-0.2, -0.15) is 11.8 Å². The molecule has 1 aromatic rings. The van der Waals surface area contributed by atoms with E-state index in [0.717, 1.165) is 36.5 Å². The summed E-state index contributed by atoms with van der Waals surface area (Å²) >= 11 is 7.10. The first-order valence-electron chi connectivity index (χ1n) is 6.74. The molecule has 0 saturated carbocycles. The van der Waals surface area contributed by atoms with Crippen LogP contribution in [0.3, 0.4) is 0 Å². The average molecular weight is 310 g/mol. The van der Waals surface area contributed by atoms with Gasteiger partial charge in [0.1, 0.15) is 10.7 Å². The number of rotatable bonds is 4. The summed E-state index contributed by atoms with van der Waals surface area (Å²) in [6.07, 6.45) is 0. The van der Waals surface area contributed by atoms with E-state index in [2.05, 4.69) is 24.8 Å². The maximum Gasteiger partial charge on any atom is 0.123 e. The molecule has 0 aromatic heterocycles. The smallest absolute Gasteiger partial charge is 0.123 e. The van der Waals surface area contributed by atoms with Crippen molar-refractivity contribution in [2.75, 3.05) is 26.0 Å². The molecule has 0 spiro atoms. The molecule has 1 fully saturated rings. The van der Waals surface area contributed by atoms with E-state index in [-0.39, 0.29) is 0 Å². The Kier molecular flexibility index (Phi) is 4.94. The van der Waals surface area contributed by atoms with Crippen LogP contribution in [0.5, 0.6) is 5.75 Å². The molecule has 1 aliphatic heterocycles. The maximum absolute atomic E-state index is 5.72. The Hall–Kier alpha value is -0.780. The van der Waals surface area contributed by atoms with Gasteiger partial charge in [0.25, 0.3) is 0 Å². The Balaban J connectivity index is 2.18. The topological polar surface area (TPSA) is 38.5 Å². The van der Waals surface area contributed by atoms with Gasteiger partial charge in [-0.05, 0) is 32.0 Å².